The third-order valence-electron chi connectivity index (χ3n) is 7.12. The first kappa shape index (κ1) is 33.9. The molecule has 1 aromatic heterocycles. The van der Waals surface area contributed by atoms with Gasteiger partial charge in [-0.25, -0.2) is 4.79 Å². The van der Waals surface area contributed by atoms with Gasteiger partial charge in [-0.15, -0.1) is 0 Å². The molecule has 3 aromatic rings. The summed E-state index contributed by atoms with van der Waals surface area (Å²) in [7, 11) is 4.09. The van der Waals surface area contributed by atoms with Gasteiger partial charge in [0.2, 0.25) is 11.8 Å². The average molecular weight is 625 g/mol. The molecule has 0 saturated carbocycles. The predicted octanol–water partition coefficient (Wildman–Crippen LogP) is 4.63. The normalized spacial score (nSPS) is 16.2. The molecule has 13 heteroatoms. The lowest BCUT2D eigenvalue weighted by Crippen LogP contribution is -2.54. The first-order chi connectivity index (χ1) is 20.2. The smallest absolute Gasteiger partial charge is 0.475 e. The monoisotopic (exact) mass is 624 g/mol. The van der Waals surface area contributed by atoms with Crippen molar-refractivity contribution in [2.24, 2.45) is 5.92 Å². The summed E-state index contributed by atoms with van der Waals surface area (Å²) in [5.41, 5.74) is 2.73. The maximum atomic E-state index is 14.6. The molecule has 4 rings (SSSR count). The van der Waals surface area contributed by atoms with E-state index in [0.717, 1.165) is 40.7 Å². The number of rotatable bonds is 9. The van der Waals surface area contributed by atoms with Crippen LogP contribution in [0.1, 0.15) is 25.0 Å². The number of aliphatic carboxylic acids is 1. The molecule has 234 valence electrons. The lowest BCUT2D eigenvalue weighted by Gasteiger charge is -2.41. The number of ether oxygens (including phenoxy) is 1. The molecule has 0 radical (unpaired) electrons. The maximum Gasteiger partial charge on any atom is 0.490 e. The van der Waals surface area contributed by atoms with Gasteiger partial charge in [0.1, 0.15) is 6.61 Å². The Morgan fingerprint density at radius 2 is 1.86 bits per heavy atom. The van der Waals surface area contributed by atoms with Crippen molar-refractivity contribution in [3.05, 3.63) is 64.8 Å². The summed E-state index contributed by atoms with van der Waals surface area (Å²) in [5, 5.41) is 11.7. The number of H-pyrrole nitrogens is 1. The van der Waals surface area contributed by atoms with Crippen molar-refractivity contribution in [1.82, 2.24) is 15.2 Å². The molecule has 0 fully saturated rings. The Morgan fingerprint density at radius 3 is 2.49 bits per heavy atom. The third kappa shape index (κ3) is 8.49. The number of aromatic nitrogens is 1. The van der Waals surface area contributed by atoms with E-state index in [1.165, 1.54) is 0 Å². The molecule has 0 spiro atoms. The highest BCUT2D eigenvalue weighted by Gasteiger charge is 2.43. The van der Waals surface area contributed by atoms with Crippen LogP contribution in [-0.2, 0) is 31.0 Å². The van der Waals surface area contributed by atoms with Crippen LogP contribution in [-0.4, -0.2) is 85.9 Å². The Morgan fingerprint density at radius 1 is 1.19 bits per heavy atom. The minimum Gasteiger partial charge on any atom is -0.475 e. The zero-order valence-corrected chi connectivity index (χ0v) is 25.2. The molecule has 1 aliphatic heterocycles. The van der Waals surface area contributed by atoms with Gasteiger partial charge in [-0.2, -0.15) is 13.2 Å². The van der Waals surface area contributed by atoms with Gasteiger partial charge in [-0.05, 0) is 75.7 Å². The fourth-order valence-electron chi connectivity index (χ4n) is 5.18. The number of halogens is 4. The number of alkyl halides is 3. The molecule has 2 aromatic carbocycles. The van der Waals surface area contributed by atoms with Crippen LogP contribution < -0.4 is 10.2 Å². The first-order valence-corrected chi connectivity index (χ1v) is 14.0. The number of carbonyl (C=O) groups is 3. The van der Waals surface area contributed by atoms with Crippen molar-refractivity contribution < 1.29 is 37.4 Å². The van der Waals surface area contributed by atoms with E-state index in [1.54, 1.807) is 0 Å². The molecule has 9 nitrogen and oxygen atoms in total. The number of carbonyl (C=O) groups excluding carboxylic acids is 2. The average Bonchev–Trinajstić information content (AvgIpc) is 3.38. The SMILES string of the molecule is CCOCC(=O)NCC(C)(C(=O)N1C[C@@H](CN(C)C)Cc2cc(Cl)ccc21)c1c[nH]c2ccccc12.O=C(O)C(F)(F)F. The van der Waals surface area contributed by atoms with E-state index in [-0.39, 0.29) is 30.9 Å². The molecule has 2 amide bonds. The minimum absolute atomic E-state index is 0.0371. The number of nitrogens with one attached hydrogen (secondary N) is 2. The highest BCUT2D eigenvalue weighted by atomic mass is 35.5. The van der Waals surface area contributed by atoms with Gasteiger partial charge < -0.3 is 29.9 Å². The molecule has 2 heterocycles. The molecular formula is C30H36ClF3N4O5. The van der Waals surface area contributed by atoms with E-state index in [2.05, 4.69) is 15.2 Å². The minimum atomic E-state index is -5.08. The van der Waals surface area contributed by atoms with Gasteiger partial charge in [0.15, 0.2) is 0 Å². The van der Waals surface area contributed by atoms with Crippen LogP contribution in [0.25, 0.3) is 10.9 Å². The Balaban J connectivity index is 0.000000646. The molecule has 3 N–H and O–H groups in total. The van der Waals surface area contributed by atoms with Crippen molar-refractivity contribution in [1.29, 1.82) is 0 Å². The summed E-state index contributed by atoms with van der Waals surface area (Å²) in [6.45, 7) is 5.77. The number of amides is 2. The van der Waals surface area contributed by atoms with Crippen LogP contribution in [0.2, 0.25) is 5.02 Å². The van der Waals surface area contributed by atoms with E-state index in [9.17, 15) is 22.8 Å². The van der Waals surface area contributed by atoms with Crippen molar-refractivity contribution in [2.75, 3.05) is 51.8 Å². The Hall–Kier alpha value is -3.61. The largest absolute Gasteiger partial charge is 0.490 e. The van der Waals surface area contributed by atoms with Crippen LogP contribution in [0.4, 0.5) is 18.9 Å². The molecule has 0 saturated heterocycles. The Labute approximate surface area is 252 Å². The fraction of sp³-hybridized carbons (Fsp3) is 0.433. The predicted molar refractivity (Wildman–Crippen MR) is 158 cm³/mol. The molecule has 0 bridgehead atoms. The quantitative estimate of drug-likeness (QED) is 0.320. The van der Waals surface area contributed by atoms with Crippen molar-refractivity contribution in [2.45, 2.75) is 31.9 Å². The van der Waals surface area contributed by atoms with E-state index in [0.29, 0.717) is 18.2 Å². The van der Waals surface area contributed by atoms with Gasteiger partial charge in [-0.3, -0.25) is 9.59 Å². The number of carboxylic acid groups (broad SMARTS) is 1. The van der Waals surface area contributed by atoms with Gasteiger partial charge in [0.05, 0.1) is 5.41 Å². The van der Waals surface area contributed by atoms with E-state index in [4.69, 9.17) is 26.2 Å². The van der Waals surface area contributed by atoms with Crippen molar-refractivity contribution in [3.63, 3.8) is 0 Å². The molecule has 43 heavy (non-hydrogen) atoms. The number of hydrogen-bond acceptors (Lipinski definition) is 5. The zero-order valence-electron chi connectivity index (χ0n) is 24.4. The lowest BCUT2D eigenvalue weighted by molar-refractivity contribution is -0.192. The van der Waals surface area contributed by atoms with Crippen LogP contribution >= 0.6 is 11.6 Å². The summed E-state index contributed by atoms with van der Waals surface area (Å²) in [6, 6.07) is 13.7. The third-order valence-corrected chi connectivity index (χ3v) is 7.36. The maximum absolute atomic E-state index is 14.6. The van der Waals surface area contributed by atoms with Crippen LogP contribution in [0.15, 0.2) is 48.7 Å². The lowest BCUT2D eigenvalue weighted by atomic mass is 9.79. The Bertz CT molecular complexity index is 1440. The number of nitrogens with zero attached hydrogens (tertiary/aromatic N) is 2. The highest BCUT2D eigenvalue weighted by Crippen LogP contribution is 2.38. The molecule has 1 aliphatic rings. The number of para-hydroxylation sites is 1. The summed E-state index contributed by atoms with van der Waals surface area (Å²) >= 11 is 6.34. The van der Waals surface area contributed by atoms with Gasteiger partial charge in [0, 0.05) is 54.1 Å². The summed E-state index contributed by atoms with van der Waals surface area (Å²) in [5.74, 6) is -2.80. The van der Waals surface area contributed by atoms with E-state index < -0.39 is 17.6 Å². The summed E-state index contributed by atoms with van der Waals surface area (Å²) in [4.78, 5) is 43.3. The van der Waals surface area contributed by atoms with Crippen molar-refractivity contribution in [3.8, 4) is 0 Å². The van der Waals surface area contributed by atoms with E-state index >= 15 is 0 Å². The van der Waals surface area contributed by atoms with Crippen LogP contribution in [0.5, 0.6) is 0 Å². The van der Waals surface area contributed by atoms with E-state index in [1.807, 2.05) is 81.5 Å². The summed E-state index contributed by atoms with van der Waals surface area (Å²) < 4.78 is 37.0. The standard InChI is InChI=1S/C28H35ClN4O3.C2HF3O2/c1-5-36-17-26(34)31-18-28(2,23-14-30-24-9-7-6-8-22(23)24)27(35)33-16-19(15-32(3)4)12-20-13-21(29)10-11-25(20)33;3-2(4,5)1(6)7/h6-11,13-14,19,30H,5,12,15-18H2,1-4H3,(H,31,34);(H,6,7)/t19-,28?;/m1./s1. The van der Waals surface area contributed by atoms with Crippen LogP contribution in [0.3, 0.4) is 0 Å². The first-order valence-electron chi connectivity index (χ1n) is 13.6. The fourth-order valence-corrected chi connectivity index (χ4v) is 5.37. The number of carboxylic acids is 1. The van der Waals surface area contributed by atoms with Gasteiger partial charge in [0.25, 0.3) is 0 Å². The second kappa shape index (κ2) is 14.2. The topological polar surface area (TPSA) is 115 Å². The van der Waals surface area contributed by atoms with Crippen molar-refractivity contribution >= 4 is 46.0 Å². The molecular weight excluding hydrogens is 589 g/mol. The highest BCUT2D eigenvalue weighted by molar-refractivity contribution is 6.30. The number of hydrogen-bond donors (Lipinski definition) is 3. The van der Waals surface area contributed by atoms with Gasteiger partial charge in [-0.1, -0.05) is 29.8 Å². The number of benzene rings is 2. The summed E-state index contributed by atoms with van der Waals surface area (Å²) in [6.07, 6.45) is -2.34. The Kier molecular flexibility index (Phi) is 11.2. The molecule has 2 atom stereocenters. The van der Waals surface area contributed by atoms with Gasteiger partial charge >= 0.3 is 12.1 Å². The van der Waals surface area contributed by atoms with Crippen LogP contribution in [0, 0.1) is 5.92 Å². The number of anilines is 1. The number of fused-ring (bicyclic) bond motifs is 2. The zero-order chi connectivity index (χ0) is 31.9. The second-order valence-electron chi connectivity index (χ2n) is 10.8. The molecule has 1 unspecified atom stereocenters. The second-order valence-corrected chi connectivity index (χ2v) is 11.3. The number of aromatic amines is 1. The molecule has 0 aliphatic carbocycles.